The van der Waals surface area contributed by atoms with Crippen molar-refractivity contribution < 1.29 is 9.13 Å². The third-order valence-electron chi connectivity index (χ3n) is 4.93. The summed E-state index contributed by atoms with van der Waals surface area (Å²) < 4.78 is 18.5. The van der Waals surface area contributed by atoms with E-state index in [0.29, 0.717) is 12.1 Å². The van der Waals surface area contributed by atoms with Crippen LogP contribution in [0.4, 0.5) is 10.1 Å². The van der Waals surface area contributed by atoms with E-state index in [0.717, 1.165) is 41.0 Å². The molecule has 24 heavy (non-hydrogen) atoms. The summed E-state index contributed by atoms with van der Waals surface area (Å²) in [6, 6.07) is 5.09. The lowest BCUT2D eigenvalue weighted by Crippen LogP contribution is -2.34. The Morgan fingerprint density at radius 1 is 1.42 bits per heavy atom. The van der Waals surface area contributed by atoms with Crippen LogP contribution in [0.2, 0.25) is 0 Å². The molecule has 1 heterocycles. The quantitative estimate of drug-likeness (QED) is 0.751. The minimum Gasteiger partial charge on any atom is -0.490 e. The largest absolute Gasteiger partial charge is 0.490 e. The highest BCUT2D eigenvalue weighted by atomic mass is 19.1. The lowest BCUT2D eigenvalue weighted by Gasteiger charge is -2.35. The van der Waals surface area contributed by atoms with Gasteiger partial charge in [0.1, 0.15) is 19.0 Å². The van der Waals surface area contributed by atoms with Crippen LogP contribution in [-0.2, 0) is 6.42 Å². The predicted molar refractivity (Wildman–Crippen MR) is 97.0 cm³/mol. The molecule has 0 radical (unpaired) electrons. The Hall–Kier alpha value is -2.04. The van der Waals surface area contributed by atoms with Crippen molar-refractivity contribution in [1.29, 1.82) is 5.41 Å². The molecule has 0 aromatic heterocycles. The van der Waals surface area contributed by atoms with Gasteiger partial charge in [-0.1, -0.05) is 0 Å². The molecule has 1 atom stereocenters. The van der Waals surface area contributed by atoms with Gasteiger partial charge in [0.05, 0.1) is 0 Å². The first-order valence-electron chi connectivity index (χ1n) is 8.70. The summed E-state index contributed by atoms with van der Waals surface area (Å²) in [6.07, 6.45) is 7.55. The van der Waals surface area contributed by atoms with Crippen molar-refractivity contribution >= 4 is 17.5 Å². The average Bonchev–Trinajstić information content (AvgIpc) is 3.41. The highest BCUT2D eigenvalue weighted by Gasteiger charge is 2.26. The Kier molecular flexibility index (Phi) is 5.07. The number of hydrogen-bond donors (Lipinski definition) is 2. The summed E-state index contributed by atoms with van der Waals surface area (Å²) in [5.41, 5.74) is 3.92. The Bertz CT molecular complexity index is 640. The van der Waals surface area contributed by atoms with E-state index in [1.807, 2.05) is 12.3 Å². The van der Waals surface area contributed by atoms with Gasteiger partial charge in [0.25, 0.3) is 0 Å². The number of benzene rings is 1. The molecular weight excluding hydrogens is 305 g/mol. The number of nitrogens with zero attached hydrogens (tertiary/aromatic N) is 1. The highest BCUT2D eigenvalue weighted by Crippen LogP contribution is 2.40. The molecular formula is C19H26FN3O. The molecule has 5 heteroatoms. The second kappa shape index (κ2) is 7.24. The number of anilines is 1. The minimum absolute atomic E-state index is 0.0457. The zero-order chi connectivity index (χ0) is 17.1. The van der Waals surface area contributed by atoms with E-state index < -0.39 is 6.67 Å². The fraction of sp³-hybridized carbons (Fsp3) is 0.526. The highest BCUT2D eigenvalue weighted by molar-refractivity contribution is 6.09. The molecule has 130 valence electrons. The molecule has 1 saturated carbocycles. The van der Waals surface area contributed by atoms with Gasteiger partial charge in [0, 0.05) is 53.9 Å². The smallest absolute Gasteiger partial charge is 0.132 e. The van der Waals surface area contributed by atoms with Crippen LogP contribution in [0.5, 0.6) is 5.75 Å². The number of fused-ring (bicyclic) bond motifs is 1. The second-order valence-electron chi connectivity index (χ2n) is 6.66. The molecule has 0 saturated heterocycles. The molecule has 1 aromatic carbocycles. The molecule has 2 aliphatic rings. The van der Waals surface area contributed by atoms with E-state index >= 15 is 0 Å². The fourth-order valence-electron chi connectivity index (χ4n) is 3.16. The van der Waals surface area contributed by atoms with Crippen molar-refractivity contribution in [2.45, 2.75) is 44.7 Å². The minimum atomic E-state index is -0.515. The maximum Gasteiger partial charge on any atom is 0.132 e. The normalized spacial score (nSPS) is 20.5. The maximum absolute atomic E-state index is 12.7. The fourth-order valence-corrected chi connectivity index (χ4v) is 3.16. The van der Waals surface area contributed by atoms with Crippen molar-refractivity contribution in [3.8, 4) is 5.75 Å². The Labute approximate surface area is 143 Å². The molecule has 0 bridgehead atoms. The van der Waals surface area contributed by atoms with Crippen LogP contribution in [0.15, 0.2) is 18.3 Å². The lowest BCUT2D eigenvalue weighted by molar-refractivity contribution is 0.270. The van der Waals surface area contributed by atoms with E-state index in [1.54, 1.807) is 0 Å². The van der Waals surface area contributed by atoms with Crippen LogP contribution in [0.1, 0.15) is 37.3 Å². The number of allylic oxidation sites excluding steroid dienone is 1. The number of ether oxygens (including phenoxy) is 1. The van der Waals surface area contributed by atoms with Gasteiger partial charge < -0.3 is 20.4 Å². The van der Waals surface area contributed by atoms with Crippen LogP contribution >= 0.6 is 0 Å². The van der Waals surface area contributed by atoms with Crippen LogP contribution in [0, 0.1) is 5.41 Å². The van der Waals surface area contributed by atoms with E-state index in [9.17, 15) is 4.39 Å². The standard InChI is InChI=1S/C19H26FN3O/c1-13-3-6-17-18(23(13)2)8-7-16(19(17)24-10-9-20)14(11-21)12-22-15-4-5-15/h7-8,11-13,15,21-22H,3-6,9-10H2,1-2H3/b14-12+,21-11?. The SMILES string of the molecule is CC1CCc2c(ccc(/C(C=N)=C/NC3CC3)c2OCCF)N1C. The van der Waals surface area contributed by atoms with Crippen molar-refractivity contribution in [1.82, 2.24) is 5.32 Å². The van der Waals surface area contributed by atoms with Crippen molar-refractivity contribution in [2.24, 2.45) is 0 Å². The van der Waals surface area contributed by atoms with Gasteiger partial charge in [-0.2, -0.15) is 0 Å². The monoisotopic (exact) mass is 331 g/mol. The van der Waals surface area contributed by atoms with Crippen LogP contribution in [0.3, 0.4) is 0 Å². The zero-order valence-corrected chi connectivity index (χ0v) is 14.4. The van der Waals surface area contributed by atoms with E-state index in [2.05, 4.69) is 30.3 Å². The van der Waals surface area contributed by atoms with Gasteiger partial charge in [-0.05, 0) is 44.7 Å². The molecule has 1 unspecified atom stereocenters. The van der Waals surface area contributed by atoms with Gasteiger partial charge in [0.2, 0.25) is 0 Å². The molecule has 1 aromatic rings. The average molecular weight is 331 g/mol. The number of rotatable bonds is 7. The molecule has 1 aliphatic heterocycles. The lowest BCUT2D eigenvalue weighted by atomic mass is 9.92. The molecule has 1 aliphatic carbocycles. The Balaban J connectivity index is 2.01. The first-order chi connectivity index (χ1) is 11.7. The van der Waals surface area contributed by atoms with Crippen molar-refractivity contribution in [2.75, 3.05) is 25.2 Å². The number of nitrogens with one attached hydrogen (secondary N) is 2. The number of alkyl halides is 1. The molecule has 4 nitrogen and oxygen atoms in total. The number of halogens is 1. The van der Waals surface area contributed by atoms with Gasteiger partial charge in [-0.3, -0.25) is 0 Å². The number of hydrogen-bond acceptors (Lipinski definition) is 4. The maximum atomic E-state index is 12.7. The van der Waals surface area contributed by atoms with Gasteiger partial charge in [0.15, 0.2) is 0 Å². The van der Waals surface area contributed by atoms with Crippen molar-refractivity contribution in [3.05, 3.63) is 29.5 Å². The summed E-state index contributed by atoms with van der Waals surface area (Å²) >= 11 is 0. The second-order valence-corrected chi connectivity index (χ2v) is 6.66. The Morgan fingerprint density at radius 2 is 2.21 bits per heavy atom. The third-order valence-corrected chi connectivity index (χ3v) is 4.93. The Morgan fingerprint density at radius 3 is 2.88 bits per heavy atom. The summed E-state index contributed by atoms with van der Waals surface area (Å²) in [4.78, 5) is 2.25. The first kappa shape index (κ1) is 16.8. The van der Waals surface area contributed by atoms with Crippen LogP contribution in [-0.4, -0.2) is 38.6 Å². The topological polar surface area (TPSA) is 48.4 Å². The molecule has 1 fully saturated rings. The summed E-state index contributed by atoms with van der Waals surface area (Å²) in [5.74, 6) is 0.733. The molecule has 2 N–H and O–H groups in total. The van der Waals surface area contributed by atoms with E-state index in [1.165, 1.54) is 19.1 Å². The third kappa shape index (κ3) is 3.40. The summed E-state index contributed by atoms with van der Waals surface area (Å²) in [7, 11) is 2.09. The van der Waals surface area contributed by atoms with Crippen LogP contribution in [0.25, 0.3) is 5.57 Å². The summed E-state index contributed by atoms with van der Waals surface area (Å²) in [5, 5.41) is 11.1. The summed E-state index contributed by atoms with van der Waals surface area (Å²) in [6.45, 7) is 1.74. The van der Waals surface area contributed by atoms with E-state index in [-0.39, 0.29) is 6.61 Å². The van der Waals surface area contributed by atoms with Crippen molar-refractivity contribution in [3.63, 3.8) is 0 Å². The van der Waals surface area contributed by atoms with Gasteiger partial charge >= 0.3 is 0 Å². The van der Waals surface area contributed by atoms with E-state index in [4.69, 9.17) is 10.1 Å². The predicted octanol–water partition coefficient (Wildman–Crippen LogP) is 3.55. The zero-order valence-electron chi connectivity index (χ0n) is 14.4. The molecule has 3 rings (SSSR count). The van der Waals surface area contributed by atoms with Crippen LogP contribution < -0.4 is 15.0 Å². The molecule has 0 amide bonds. The first-order valence-corrected chi connectivity index (χ1v) is 8.70. The molecule has 0 spiro atoms. The van der Waals surface area contributed by atoms with Gasteiger partial charge in [-0.15, -0.1) is 0 Å². The van der Waals surface area contributed by atoms with Gasteiger partial charge in [-0.25, -0.2) is 4.39 Å².